The Labute approximate surface area is 108 Å². The van der Waals surface area contributed by atoms with Gasteiger partial charge in [-0.2, -0.15) is 0 Å². The predicted molar refractivity (Wildman–Crippen MR) is 68.5 cm³/mol. The van der Waals surface area contributed by atoms with Gasteiger partial charge in [0.1, 0.15) is 5.01 Å². The molecular weight excluding hydrogens is 258 g/mol. The quantitative estimate of drug-likeness (QED) is 0.797. The van der Waals surface area contributed by atoms with E-state index >= 15 is 0 Å². The molecule has 2 aromatic rings. The highest BCUT2D eigenvalue weighted by Gasteiger charge is 2.12. The van der Waals surface area contributed by atoms with Crippen LogP contribution in [0.1, 0.15) is 17.4 Å². The summed E-state index contributed by atoms with van der Waals surface area (Å²) in [5, 5.41) is 3.16. The molecule has 0 aliphatic carbocycles. The maximum absolute atomic E-state index is 11.4. The van der Waals surface area contributed by atoms with Crippen molar-refractivity contribution >= 4 is 28.9 Å². The number of hydrogen-bond donors (Lipinski definition) is 0. The Balaban J connectivity index is 2.23. The van der Waals surface area contributed by atoms with Crippen LogP contribution in [-0.2, 0) is 4.74 Å². The summed E-state index contributed by atoms with van der Waals surface area (Å²) in [4.78, 5) is 15.7. The molecule has 5 heteroatoms. The van der Waals surface area contributed by atoms with Crippen molar-refractivity contribution in [2.45, 2.75) is 6.92 Å². The molecule has 3 nitrogen and oxygen atoms in total. The first-order chi connectivity index (χ1) is 8.20. The van der Waals surface area contributed by atoms with Gasteiger partial charge in [0, 0.05) is 16.0 Å². The number of thiazole rings is 1. The lowest BCUT2D eigenvalue weighted by atomic mass is 10.2. The average Bonchev–Trinajstić information content (AvgIpc) is 2.80. The number of carbonyl (C=O) groups is 1. The minimum atomic E-state index is -0.385. The van der Waals surface area contributed by atoms with Crippen molar-refractivity contribution in [3.63, 3.8) is 0 Å². The van der Waals surface area contributed by atoms with E-state index < -0.39 is 0 Å². The number of aromatic nitrogens is 1. The van der Waals surface area contributed by atoms with Gasteiger partial charge in [-0.25, -0.2) is 9.78 Å². The third-order valence-corrected chi connectivity index (χ3v) is 3.22. The highest BCUT2D eigenvalue weighted by Crippen LogP contribution is 2.25. The Bertz CT molecular complexity index is 522. The topological polar surface area (TPSA) is 39.2 Å². The summed E-state index contributed by atoms with van der Waals surface area (Å²) in [6.07, 6.45) is 0. The van der Waals surface area contributed by atoms with Crippen LogP contribution in [0.25, 0.3) is 10.6 Å². The first-order valence-corrected chi connectivity index (χ1v) is 6.35. The van der Waals surface area contributed by atoms with E-state index in [1.807, 2.05) is 12.1 Å². The molecule has 17 heavy (non-hydrogen) atoms. The van der Waals surface area contributed by atoms with Crippen molar-refractivity contribution in [3.8, 4) is 10.6 Å². The molecule has 0 saturated heterocycles. The molecule has 88 valence electrons. The number of nitrogens with zero attached hydrogens (tertiary/aromatic N) is 1. The maximum Gasteiger partial charge on any atom is 0.357 e. The van der Waals surface area contributed by atoms with Crippen LogP contribution in [0.4, 0.5) is 0 Å². The van der Waals surface area contributed by atoms with Crippen LogP contribution in [-0.4, -0.2) is 17.6 Å². The van der Waals surface area contributed by atoms with E-state index in [0.717, 1.165) is 10.6 Å². The molecule has 0 fully saturated rings. The smallest absolute Gasteiger partial charge is 0.357 e. The summed E-state index contributed by atoms with van der Waals surface area (Å²) in [6.45, 7) is 2.12. The molecule has 0 N–H and O–H groups in total. The molecule has 0 atom stereocenters. The number of rotatable bonds is 3. The summed E-state index contributed by atoms with van der Waals surface area (Å²) < 4.78 is 4.88. The molecule has 0 saturated carbocycles. The fourth-order valence-corrected chi connectivity index (χ4v) is 2.22. The summed E-state index contributed by atoms with van der Waals surface area (Å²) in [6, 6.07) is 7.33. The van der Waals surface area contributed by atoms with Crippen LogP contribution in [0, 0.1) is 0 Å². The van der Waals surface area contributed by atoms with E-state index in [2.05, 4.69) is 4.98 Å². The molecule has 0 aliphatic rings. The number of benzene rings is 1. The van der Waals surface area contributed by atoms with Crippen LogP contribution in [0.15, 0.2) is 29.6 Å². The summed E-state index contributed by atoms with van der Waals surface area (Å²) in [5.41, 5.74) is 1.29. The van der Waals surface area contributed by atoms with E-state index in [-0.39, 0.29) is 5.97 Å². The molecule has 1 heterocycles. The first kappa shape index (κ1) is 12.1. The second kappa shape index (κ2) is 5.29. The van der Waals surface area contributed by atoms with Crippen LogP contribution < -0.4 is 0 Å². The molecule has 0 bridgehead atoms. The van der Waals surface area contributed by atoms with E-state index in [4.69, 9.17) is 16.3 Å². The Morgan fingerprint density at radius 1 is 1.41 bits per heavy atom. The van der Waals surface area contributed by atoms with E-state index in [1.54, 1.807) is 24.4 Å². The van der Waals surface area contributed by atoms with Crippen LogP contribution >= 0.6 is 22.9 Å². The summed E-state index contributed by atoms with van der Waals surface area (Å²) in [5.74, 6) is -0.385. The third-order valence-electron chi connectivity index (χ3n) is 2.08. The van der Waals surface area contributed by atoms with Gasteiger partial charge < -0.3 is 4.74 Å². The molecule has 1 aromatic heterocycles. The molecule has 0 aliphatic heterocycles. The Kier molecular flexibility index (Phi) is 3.76. The fourth-order valence-electron chi connectivity index (χ4n) is 1.30. The summed E-state index contributed by atoms with van der Waals surface area (Å²) in [7, 11) is 0. The van der Waals surface area contributed by atoms with E-state index in [9.17, 15) is 4.79 Å². The number of hydrogen-bond acceptors (Lipinski definition) is 4. The highest BCUT2D eigenvalue weighted by atomic mass is 35.5. The van der Waals surface area contributed by atoms with Crippen LogP contribution in [0.2, 0.25) is 5.02 Å². The van der Waals surface area contributed by atoms with Crippen molar-refractivity contribution in [3.05, 3.63) is 40.4 Å². The molecule has 0 unspecified atom stereocenters. The second-order valence-electron chi connectivity index (χ2n) is 3.27. The number of halogens is 1. The highest BCUT2D eigenvalue weighted by molar-refractivity contribution is 7.13. The van der Waals surface area contributed by atoms with Crippen molar-refractivity contribution in [1.82, 2.24) is 4.98 Å². The lowest BCUT2D eigenvalue weighted by Crippen LogP contribution is -2.04. The van der Waals surface area contributed by atoms with Gasteiger partial charge in [0.2, 0.25) is 0 Å². The van der Waals surface area contributed by atoms with Gasteiger partial charge in [-0.15, -0.1) is 11.3 Å². The maximum atomic E-state index is 11.4. The van der Waals surface area contributed by atoms with Gasteiger partial charge >= 0.3 is 5.97 Å². The van der Waals surface area contributed by atoms with Crippen LogP contribution in [0.3, 0.4) is 0 Å². The molecular formula is C12H10ClNO2S. The Hall–Kier alpha value is -1.39. The number of esters is 1. The zero-order chi connectivity index (χ0) is 12.3. The number of ether oxygens (including phenoxy) is 1. The zero-order valence-electron chi connectivity index (χ0n) is 9.14. The predicted octanol–water partition coefficient (Wildman–Crippen LogP) is 3.64. The van der Waals surface area contributed by atoms with Crippen LogP contribution in [0.5, 0.6) is 0 Å². The summed E-state index contributed by atoms with van der Waals surface area (Å²) >= 11 is 7.21. The van der Waals surface area contributed by atoms with Crippen molar-refractivity contribution in [1.29, 1.82) is 0 Å². The molecule has 2 rings (SSSR count). The Morgan fingerprint density at radius 3 is 2.76 bits per heavy atom. The average molecular weight is 268 g/mol. The molecule has 0 spiro atoms. The lowest BCUT2D eigenvalue weighted by molar-refractivity contribution is 0.0520. The van der Waals surface area contributed by atoms with Gasteiger partial charge in [-0.1, -0.05) is 23.7 Å². The Morgan fingerprint density at radius 2 is 2.12 bits per heavy atom. The molecule has 0 radical (unpaired) electrons. The van der Waals surface area contributed by atoms with Gasteiger partial charge in [0.05, 0.1) is 6.61 Å². The molecule has 1 aromatic carbocycles. The van der Waals surface area contributed by atoms with E-state index in [0.29, 0.717) is 17.3 Å². The normalized spacial score (nSPS) is 10.2. The van der Waals surface area contributed by atoms with Gasteiger partial charge in [0.25, 0.3) is 0 Å². The van der Waals surface area contributed by atoms with Gasteiger partial charge in [0.15, 0.2) is 5.69 Å². The standard InChI is InChI=1S/C12H10ClNO2S/c1-2-16-12(15)10-7-17-11(14-10)8-3-5-9(13)6-4-8/h3-7H,2H2,1H3. The van der Waals surface area contributed by atoms with Crippen molar-refractivity contribution < 1.29 is 9.53 Å². The SMILES string of the molecule is CCOC(=O)c1csc(-c2ccc(Cl)cc2)n1. The van der Waals surface area contributed by atoms with Gasteiger partial charge in [-0.05, 0) is 19.1 Å². The monoisotopic (exact) mass is 267 g/mol. The minimum absolute atomic E-state index is 0.349. The van der Waals surface area contributed by atoms with Crippen molar-refractivity contribution in [2.75, 3.05) is 6.61 Å². The first-order valence-electron chi connectivity index (χ1n) is 5.09. The van der Waals surface area contributed by atoms with Crippen molar-refractivity contribution in [2.24, 2.45) is 0 Å². The lowest BCUT2D eigenvalue weighted by Gasteiger charge is -1.97. The third kappa shape index (κ3) is 2.84. The van der Waals surface area contributed by atoms with Gasteiger partial charge in [-0.3, -0.25) is 0 Å². The largest absolute Gasteiger partial charge is 0.461 e. The zero-order valence-corrected chi connectivity index (χ0v) is 10.7. The molecule has 0 amide bonds. The number of carbonyl (C=O) groups excluding carboxylic acids is 1. The minimum Gasteiger partial charge on any atom is -0.461 e. The second-order valence-corrected chi connectivity index (χ2v) is 4.56. The fraction of sp³-hybridized carbons (Fsp3) is 0.167. The van der Waals surface area contributed by atoms with E-state index in [1.165, 1.54) is 11.3 Å².